The third-order valence-electron chi connectivity index (χ3n) is 7.85. The van der Waals surface area contributed by atoms with Crippen LogP contribution in [-0.4, -0.2) is 65.9 Å². The minimum Gasteiger partial charge on any atom is -0.324 e. The van der Waals surface area contributed by atoms with Crippen LogP contribution in [0.3, 0.4) is 0 Å². The van der Waals surface area contributed by atoms with Gasteiger partial charge in [0.05, 0.1) is 41.5 Å². The zero-order valence-corrected chi connectivity index (χ0v) is 21.3. The number of hydrogen-bond donors (Lipinski definition) is 2. The Labute approximate surface area is 213 Å². The molecule has 2 amide bonds. The summed E-state index contributed by atoms with van der Waals surface area (Å²) >= 11 is 0. The molecule has 4 aromatic heterocycles. The Morgan fingerprint density at radius 1 is 1.08 bits per heavy atom. The number of fused-ring (bicyclic) bond motifs is 2. The molecule has 5 heterocycles. The summed E-state index contributed by atoms with van der Waals surface area (Å²) in [6.07, 6.45) is 7.08. The lowest BCUT2D eigenvalue weighted by molar-refractivity contribution is -0.117. The van der Waals surface area contributed by atoms with Crippen LogP contribution in [0.1, 0.15) is 30.0 Å². The maximum atomic E-state index is 13.1. The maximum Gasteiger partial charge on any atom is 0.278 e. The molecule has 2 fully saturated rings. The molecule has 0 bridgehead atoms. The Kier molecular flexibility index (Phi) is 5.34. The Morgan fingerprint density at radius 2 is 1.86 bits per heavy atom. The standard InChI is InChI=1S/C26H29N9O2/c1-15-21(7-18(9-27-15)29-23(36)14-34-12-19-20(13-34)26(19,2)3)30-25(37)24-22-6-5-16(11-35(22)32-31-24)17-8-28-33(4)10-17/h5-11,19-20H,12-14H2,1-4H3,(H,29,36)(H,30,37). The van der Waals surface area contributed by atoms with E-state index in [9.17, 15) is 9.59 Å². The van der Waals surface area contributed by atoms with Crippen molar-refractivity contribution in [1.82, 2.24) is 34.5 Å². The van der Waals surface area contributed by atoms with E-state index in [0.29, 0.717) is 46.4 Å². The fourth-order valence-electron chi connectivity index (χ4n) is 5.45. The molecule has 6 rings (SSSR count). The topological polar surface area (TPSA) is 122 Å². The van der Waals surface area contributed by atoms with Gasteiger partial charge in [0.15, 0.2) is 5.69 Å². The van der Waals surface area contributed by atoms with Gasteiger partial charge in [-0.15, -0.1) is 5.10 Å². The second kappa shape index (κ2) is 8.48. The highest BCUT2D eigenvalue weighted by molar-refractivity contribution is 6.08. The van der Waals surface area contributed by atoms with Gasteiger partial charge in [-0.1, -0.05) is 25.1 Å². The largest absolute Gasteiger partial charge is 0.324 e. The Morgan fingerprint density at radius 3 is 2.59 bits per heavy atom. The summed E-state index contributed by atoms with van der Waals surface area (Å²) in [6.45, 7) is 8.69. The number of aryl methyl sites for hydroxylation is 2. The first-order valence-electron chi connectivity index (χ1n) is 12.3. The number of nitrogens with one attached hydrogen (secondary N) is 2. The van der Waals surface area contributed by atoms with Crippen molar-refractivity contribution in [3.8, 4) is 11.1 Å². The van der Waals surface area contributed by atoms with Crippen LogP contribution in [0.4, 0.5) is 11.4 Å². The van der Waals surface area contributed by atoms with Crippen molar-refractivity contribution in [2.45, 2.75) is 20.8 Å². The Balaban J connectivity index is 1.13. The van der Waals surface area contributed by atoms with E-state index < -0.39 is 5.91 Å². The van der Waals surface area contributed by atoms with Gasteiger partial charge in [0.1, 0.15) is 0 Å². The van der Waals surface area contributed by atoms with E-state index in [-0.39, 0.29) is 11.6 Å². The SMILES string of the molecule is Cc1ncc(NC(=O)CN2CC3C(C2)C3(C)C)cc1NC(=O)c1nnn2cc(-c3cnn(C)c3)ccc12. The smallest absolute Gasteiger partial charge is 0.278 e. The average molecular weight is 500 g/mol. The number of pyridine rings is 2. The van der Waals surface area contributed by atoms with Gasteiger partial charge < -0.3 is 10.6 Å². The van der Waals surface area contributed by atoms with Gasteiger partial charge in [0, 0.05) is 43.7 Å². The number of likely N-dealkylation sites (tertiary alicyclic amines) is 1. The van der Waals surface area contributed by atoms with Gasteiger partial charge in [0.2, 0.25) is 5.91 Å². The molecular weight excluding hydrogens is 470 g/mol. The summed E-state index contributed by atoms with van der Waals surface area (Å²) in [5.41, 5.74) is 4.70. The summed E-state index contributed by atoms with van der Waals surface area (Å²) in [4.78, 5) is 32.3. The molecule has 1 saturated carbocycles. The lowest BCUT2D eigenvalue weighted by Gasteiger charge is -2.21. The zero-order chi connectivity index (χ0) is 25.9. The molecule has 11 heteroatoms. The molecule has 37 heavy (non-hydrogen) atoms. The lowest BCUT2D eigenvalue weighted by atomic mass is 10.1. The molecule has 2 atom stereocenters. The lowest BCUT2D eigenvalue weighted by Crippen LogP contribution is -2.34. The summed E-state index contributed by atoms with van der Waals surface area (Å²) in [5, 5.41) is 18.2. The van der Waals surface area contributed by atoms with Gasteiger partial charge in [-0.3, -0.25) is 24.2 Å². The Bertz CT molecular complexity index is 1520. The first-order valence-corrected chi connectivity index (χ1v) is 12.3. The molecule has 2 aliphatic rings. The van der Waals surface area contributed by atoms with Crippen molar-refractivity contribution >= 4 is 28.7 Å². The first kappa shape index (κ1) is 23.3. The van der Waals surface area contributed by atoms with Crippen LogP contribution in [0.2, 0.25) is 0 Å². The second-order valence-electron chi connectivity index (χ2n) is 10.7. The summed E-state index contributed by atoms with van der Waals surface area (Å²) < 4.78 is 3.30. The van der Waals surface area contributed by atoms with E-state index in [0.717, 1.165) is 24.2 Å². The molecule has 1 aliphatic carbocycles. The van der Waals surface area contributed by atoms with Gasteiger partial charge in [0.25, 0.3) is 5.91 Å². The molecular formula is C26H29N9O2. The minimum absolute atomic E-state index is 0.0873. The van der Waals surface area contributed by atoms with E-state index in [4.69, 9.17) is 0 Å². The third kappa shape index (κ3) is 4.25. The van der Waals surface area contributed by atoms with Crippen LogP contribution < -0.4 is 10.6 Å². The van der Waals surface area contributed by atoms with Crippen molar-refractivity contribution in [2.75, 3.05) is 30.3 Å². The zero-order valence-electron chi connectivity index (χ0n) is 21.3. The van der Waals surface area contributed by atoms with Crippen LogP contribution in [-0.2, 0) is 11.8 Å². The summed E-state index contributed by atoms with van der Waals surface area (Å²) in [5.74, 6) is 0.893. The molecule has 0 spiro atoms. The number of rotatable bonds is 6. The summed E-state index contributed by atoms with van der Waals surface area (Å²) in [6, 6.07) is 5.43. The molecule has 4 aromatic rings. The normalized spacial score (nSPS) is 20.1. The molecule has 190 valence electrons. The van der Waals surface area contributed by atoms with Crippen molar-refractivity contribution in [3.05, 3.63) is 54.4 Å². The number of aromatic nitrogens is 6. The number of anilines is 2. The monoisotopic (exact) mass is 499 g/mol. The first-order chi connectivity index (χ1) is 17.7. The summed E-state index contributed by atoms with van der Waals surface area (Å²) in [7, 11) is 1.85. The van der Waals surface area contributed by atoms with Gasteiger partial charge in [-0.25, -0.2) is 4.52 Å². The van der Waals surface area contributed by atoms with E-state index >= 15 is 0 Å². The van der Waals surface area contributed by atoms with Crippen LogP contribution in [0.15, 0.2) is 43.0 Å². The quantitative estimate of drug-likeness (QED) is 0.418. The number of amides is 2. The van der Waals surface area contributed by atoms with Crippen LogP contribution in [0.5, 0.6) is 0 Å². The minimum atomic E-state index is -0.406. The fourth-order valence-corrected chi connectivity index (χ4v) is 5.45. The molecule has 2 unspecified atom stereocenters. The van der Waals surface area contributed by atoms with Crippen LogP contribution in [0.25, 0.3) is 16.6 Å². The predicted octanol–water partition coefficient (Wildman–Crippen LogP) is 2.61. The van der Waals surface area contributed by atoms with E-state index in [2.05, 4.69) is 49.8 Å². The molecule has 0 aromatic carbocycles. The third-order valence-corrected chi connectivity index (χ3v) is 7.85. The molecule has 0 radical (unpaired) electrons. The predicted molar refractivity (Wildman–Crippen MR) is 138 cm³/mol. The Hall–Kier alpha value is -4.12. The average Bonchev–Trinajstić information content (AvgIpc) is 3.40. The van der Waals surface area contributed by atoms with Crippen molar-refractivity contribution in [2.24, 2.45) is 24.3 Å². The molecule has 1 saturated heterocycles. The molecule has 2 N–H and O–H groups in total. The molecule has 11 nitrogen and oxygen atoms in total. The number of hydrogen-bond acceptors (Lipinski definition) is 7. The van der Waals surface area contributed by atoms with Crippen LogP contribution >= 0.6 is 0 Å². The van der Waals surface area contributed by atoms with Crippen LogP contribution in [0, 0.1) is 24.2 Å². The van der Waals surface area contributed by atoms with Gasteiger partial charge in [-0.05, 0) is 36.3 Å². The molecule has 1 aliphatic heterocycles. The second-order valence-corrected chi connectivity index (χ2v) is 10.7. The van der Waals surface area contributed by atoms with E-state index in [1.807, 2.05) is 31.6 Å². The van der Waals surface area contributed by atoms with Gasteiger partial charge >= 0.3 is 0 Å². The van der Waals surface area contributed by atoms with Crippen molar-refractivity contribution < 1.29 is 9.59 Å². The van der Waals surface area contributed by atoms with Crippen molar-refractivity contribution in [1.29, 1.82) is 0 Å². The number of piperidine rings is 1. The maximum absolute atomic E-state index is 13.1. The fraction of sp³-hybridized carbons (Fsp3) is 0.385. The van der Waals surface area contributed by atoms with Crippen molar-refractivity contribution in [3.63, 3.8) is 0 Å². The van der Waals surface area contributed by atoms with Gasteiger partial charge in [-0.2, -0.15) is 5.10 Å². The highest BCUT2D eigenvalue weighted by Crippen LogP contribution is 2.61. The number of nitrogens with zero attached hydrogens (tertiary/aromatic N) is 7. The highest BCUT2D eigenvalue weighted by atomic mass is 16.2. The number of carbonyl (C=O) groups excluding carboxylic acids is 2. The number of carbonyl (C=O) groups is 2. The highest BCUT2D eigenvalue weighted by Gasteiger charge is 2.61. The van der Waals surface area contributed by atoms with E-state index in [1.54, 1.807) is 34.6 Å². The van der Waals surface area contributed by atoms with E-state index in [1.165, 1.54) is 0 Å².